The standard InChI is InChI=1S/C6H14N2/c1-6(8-2)4-3-5-7/h3-5,7H2,1-2H3. The maximum absolute atomic E-state index is 5.28. The molecule has 0 heterocycles. The van der Waals surface area contributed by atoms with Gasteiger partial charge in [0.25, 0.3) is 0 Å². The zero-order chi connectivity index (χ0) is 6.41. The molecule has 0 aromatic rings. The van der Waals surface area contributed by atoms with Gasteiger partial charge in [0.05, 0.1) is 0 Å². The Morgan fingerprint density at radius 2 is 2.25 bits per heavy atom. The molecule has 0 aliphatic carbocycles. The zero-order valence-corrected chi connectivity index (χ0v) is 5.65. The summed E-state index contributed by atoms with van der Waals surface area (Å²) in [5.74, 6) is 0. The minimum absolute atomic E-state index is 0.771. The lowest BCUT2D eigenvalue weighted by atomic mass is 10.2. The predicted octanol–water partition coefficient (Wildman–Crippen LogP) is 0.816. The summed E-state index contributed by atoms with van der Waals surface area (Å²) in [5, 5.41) is 0. The van der Waals surface area contributed by atoms with Crippen LogP contribution in [0, 0.1) is 0 Å². The van der Waals surface area contributed by atoms with Gasteiger partial charge < -0.3 is 5.73 Å². The van der Waals surface area contributed by atoms with Gasteiger partial charge >= 0.3 is 0 Å². The van der Waals surface area contributed by atoms with E-state index in [4.69, 9.17) is 5.73 Å². The van der Waals surface area contributed by atoms with E-state index in [1.54, 1.807) is 0 Å². The van der Waals surface area contributed by atoms with Crippen molar-refractivity contribution in [1.82, 2.24) is 0 Å². The Morgan fingerprint density at radius 1 is 1.62 bits per heavy atom. The van der Waals surface area contributed by atoms with E-state index >= 15 is 0 Å². The van der Waals surface area contributed by atoms with Crippen LogP contribution in [0.5, 0.6) is 0 Å². The van der Waals surface area contributed by atoms with Crippen molar-refractivity contribution < 1.29 is 0 Å². The van der Waals surface area contributed by atoms with Gasteiger partial charge in [-0.1, -0.05) is 0 Å². The molecule has 2 heteroatoms. The van der Waals surface area contributed by atoms with Gasteiger partial charge in [-0.25, -0.2) is 0 Å². The number of hydrogen-bond donors (Lipinski definition) is 1. The summed E-state index contributed by atoms with van der Waals surface area (Å²) in [5.41, 5.74) is 6.47. The molecule has 0 unspecified atom stereocenters. The Kier molecular flexibility index (Phi) is 4.56. The SMILES string of the molecule is CN=C(C)CCCN. The minimum Gasteiger partial charge on any atom is -0.330 e. The number of nitrogens with zero attached hydrogens (tertiary/aromatic N) is 1. The lowest BCUT2D eigenvalue weighted by Gasteiger charge is -1.93. The van der Waals surface area contributed by atoms with Crippen LogP contribution in [-0.4, -0.2) is 19.3 Å². The normalized spacial score (nSPS) is 12.1. The number of rotatable bonds is 3. The van der Waals surface area contributed by atoms with E-state index < -0.39 is 0 Å². The summed E-state index contributed by atoms with van der Waals surface area (Å²) in [6.07, 6.45) is 2.11. The van der Waals surface area contributed by atoms with Gasteiger partial charge in [0.2, 0.25) is 0 Å². The maximum atomic E-state index is 5.28. The first kappa shape index (κ1) is 7.63. The van der Waals surface area contributed by atoms with Crippen molar-refractivity contribution in [2.45, 2.75) is 19.8 Å². The zero-order valence-electron chi connectivity index (χ0n) is 5.65. The molecule has 0 aliphatic rings. The van der Waals surface area contributed by atoms with Crippen LogP contribution in [0.15, 0.2) is 4.99 Å². The van der Waals surface area contributed by atoms with Crippen molar-refractivity contribution in [3.63, 3.8) is 0 Å². The monoisotopic (exact) mass is 114 g/mol. The Morgan fingerprint density at radius 3 is 2.62 bits per heavy atom. The van der Waals surface area contributed by atoms with Gasteiger partial charge in [0.15, 0.2) is 0 Å². The molecule has 0 atom stereocenters. The van der Waals surface area contributed by atoms with Crippen molar-refractivity contribution in [2.75, 3.05) is 13.6 Å². The van der Waals surface area contributed by atoms with Crippen LogP contribution in [0.1, 0.15) is 19.8 Å². The van der Waals surface area contributed by atoms with E-state index in [-0.39, 0.29) is 0 Å². The van der Waals surface area contributed by atoms with Gasteiger partial charge in [0.1, 0.15) is 0 Å². The molecule has 0 radical (unpaired) electrons. The Balaban J connectivity index is 3.12. The van der Waals surface area contributed by atoms with E-state index in [0.717, 1.165) is 19.4 Å². The second kappa shape index (κ2) is 4.78. The minimum atomic E-state index is 0.771. The fourth-order valence-electron chi connectivity index (χ4n) is 0.470. The van der Waals surface area contributed by atoms with Gasteiger partial charge in [-0.3, -0.25) is 4.99 Å². The van der Waals surface area contributed by atoms with Crippen LogP contribution in [0.3, 0.4) is 0 Å². The largest absolute Gasteiger partial charge is 0.330 e. The molecule has 0 aliphatic heterocycles. The van der Waals surface area contributed by atoms with Crippen LogP contribution in [0.4, 0.5) is 0 Å². The molecule has 0 rings (SSSR count). The van der Waals surface area contributed by atoms with Crippen molar-refractivity contribution in [3.8, 4) is 0 Å². The Labute approximate surface area is 50.8 Å². The third-order valence-electron chi connectivity index (χ3n) is 1.12. The fourth-order valence-corrected chi connectivity index (χ4v) is 0.470. The fraction of sp³-hybridized carbons (Fsp3) is 0.833. The second-order valence-corrected chi connectivity index (χ2v) is 1.85. The molecular weight excluding hydrogens is 100 g/mol. The molecule has 0 aromatic carbocycles. The number of nitrogens with two attached hydrogens (primary N) is 1. The van der Waals surface area contributed by atoms with E-state index in [1.807, 2.05) is 14.0 Å². The molecule has 0 spiro atoms. The quantitative estimate of drug-likeness (QED) is 0.542. The molecular formula is C6H14N2. The van der Waals surface area contributed by atoms with Gasteiger partial charge in [-0.05, 0) is 26.3 Å². The van der Waals surface area contributed by atoms with E-state index in [9.17, 15) is 0 Å². The van der Waals surface area contributed by atoms with Crippen LogP contribution < -0.4 is 5.73 Å². The molecule has 2 nitrogen and oxygen atoms in total. The van der Waals surface area contributed by atoms with Crippen molar-refractivity contribution in [3.05, 3.63) is 0 Å². The third kappa shape index (κ3) is 3.81. The van der Waals surface area contributed by atoms with Crippen molar-refractivity contribution in [2.24, 2.45) is 10.7 Å². The maximum Gasteiger partial charge on any atom is 0.0276 e. The van der Waals surface area contributed by atoms with E-state index in [1.165, 1.54) is 5.71 Å². The summed E-state index contributed by atoms with van der Waals surface area (Å²) in [4.78, 5) is 3.99. The first-order chi connectivity index (χ1) is 3.81. The smallest absolute Gasteiger partial charge is 0.0276 e. The molecule has 2 N–H and O–H groups in total. The summed E-state index contributed by atoms with van der Waals surface area (Å²) < 4.78 is 0. The summed E-state index contributed by atoms with van der Waals surface area (Å²) >= 11 is 0. The third-order valence-corrected chi connectivity index (χ3v) is 1.12. The highest BCUT2D eigenvalue weighted by Gasteiger charge is 1.85. The lowest BCUT2D eigenvalue weighted by molar-refractivity contribution is 0.873. The van der Waals surface area contributed by atoms with E-state index in [0.29, 0.717) is 0 Å². The van der Waals surface area contributed by atoms with Crippen molar-refractivity contribution in [1.29, 1.82) is 0 Å². The summed E-state index contributed by atoms with van der Waals surface area (Å²) in [6.45, 7) is 2.79. The Bertz CT molecular complexity index is 76.6. The first-order valence-corrected chi connectivity index (χ1v) is 2.93. The Hall–Kier alpha value is -0.370. The molecule has 48 valence electrons. The predicted molar refractivity (Wildman–Crippen MR) is 37.3 cm³/mol. The van der Waals surface area contributed by atoms with Gasteiger partial charge in [0, 0.05) is 12.8 Å². The molecule has 0 saturated carbocycles. The highest BCUT2D eigenvalue weighted by molar-refractivity contribution is 5.81. The molecule has 0 saturated heterocycles. The highest BCUT2D eigenvalue weighted by atomic mass is 14.7. The number of hydrogen-bond acceptors (Lipinski definition) is 2. The average Bonchev–Trinajstić information content (AvgIpc) is 1.83. The molecule has 8 heavy (non-hydrogen) atoms. The van der Waals surface area contributed by atoms with Gasteiger partial charge in [-0.2, -0.15) is 0 Å². The lowest BCUT2D eigenvalue weighted by Crippen LogP contribution is -2.01. The van der Waals surface area contributed by atoms with Crippen LogP contribution in [-0.2, 0) is 0 Å². The summed E-state index contributed by atoms with van der Waals surface area (Å²) in [6, 6.07) is 0. The first-order valence-electron chi connectivity index (χ1n) is 2.93. The van der Waals surface area contributed by atoms with Gasteiger partial charge in [-0.15, -0.1) is 0 Å². The highest BCUT2D eigenvalue weighted by Crippen LogP contribution is 1.88. The molecule has 0 fully saturated rings. The van der Waals surface area contributed by atoms with Crippen LogP contribution in [0.25, 0.3) is 0 Å². The molecule has 0 bridgehead atoms. The average molecular weight is 114 g/mol. The van der Waals surface area contributed by atoms with Crippen molar-refractivity contribution >= 4 is 5.71 Å². The topological polar surface area (TPSA) is 38.4 Å². The molecule has 0 aromatic heterocycles. The van der Waals surface area contributed by atoms with Crippen LogP contribution in [0.2, 0.25) is 0 Å². The second-order valence-electron chi connectivity index (χ2n) is 1.85. The summed E-state index contributed by atoms with van der Waals surface area (Å²) in [7, 11) is 1.81. The van der Waals surface area contributed by atoms with Crippen LogP contribution >= 0.6 is 0 Å². The number of aliphatic imine (C=N–C) groups is 1. The molecule has 0 amide bonds. The van der Waals surface area contributed by atoms with E-state index in [2.05, 4.69) is 4.99 Å².